The Morgan fingerprint density at radius 3 is 2.39 bits per heavy atom. The Bertz CT molecular complexity index is 1160. The minimum absolute atomic E-state index is 0.203. The van der Waals surface area contributed by atoms with Crippen LogP contribution in [0.2, 0.25) is 0 Å². The first-order chi connectivity index (χ1) is 15.9. The second-order valence-corrected chi connectivity index (χ2v) is 9.20. The Balaban J connectivity index is 1.85. The summed E-state index contributed by atoms with van der Waals surface area (Å²) < 4.78 is 23.1. The maximum absolute atomic E-state index is 12.8. The molecule has 0 spiro atoms. The van der Waals surface area contributed by atoms with Gasteiger partial charge in [-0.25, -0.2) is 4.79 Å². The summed E-state index contributed by atoms with van der Waals surface area (Å²) in [5, 5.41) is 4.93. The molecule has 0 unspecified atom stereocenters. The number of anilines is 1. The number of rotatable bonds is 9. The predicted molar refractivity (Wildman–Crippen MR) is 135 cm³/mol. The van der Waals surface area contributed by atoms with Gasteiger partial charge in [-0.1, -0.05) is 22.0 Å². The standard InChI is InChI=1S/C23H21Br2NO6S/c1-4-31-23(28)21-15(13-5-7-18(29-2)19(9-13)30-3)12-33-22(21)26-20(27)11-32-17-8-6-14(24)10-16(17)25/h5-10,12H,4,11H2,1-3H3,(H,26,27). The van der Waals surface area contributed by atoms with Crippen molar-refractivity contribution in [1.29, 1.82) is 0 Å². The van der Waals surface area contributed by atoms with Crippen molar-refractivity contribution in [2.24, 2.45) is 0 Å². The lowest BCUT2D eigenvalue weighted by molar-refractivity contribution is -0.118. The summed E-state index contributed by atoms with van der Waals surface area (Å²) in [5.41, 5.74) is 1.61. The van der Waals surface area contributed by atoms with E-state index in [0.29, 0.717) is 32.3 Å². The molecular formula is C23H21Br2NO6S. The van der Waals surface area contributed by atoms with E-state index in [1.807, 2.05) is 18.2 Å². The van der Waals surface area contributed by atoms with Crippen molar-refractivity contribution in [3.8, 4) is 28.4 Å². The molecule has 0 radical (unpaired) electrons. The molecule has 1 aromatic heterocycles. The van der Waals surface area contributed by atoms with E-state index < -0.39 is 11.9 Å². The first-order valence-electron chi connectivity index (χ1n) is 9.76. The van der Waals surface area contributed by atoms with Gasteiger partial charge in [-0.3, -0.25) is 4.79 Å². The van der Waals surface area contributed by atoms with Gasteiger partial charge in [0.1, 0.15) is 16.3 Å². The van der Waals surface area contributed by atoms with Crippen LogP contribution in [0, 0.1) is 0 Å². The van der Waals surface area contributed by atoms with Crippen molar-refractivity contribution in [1.82, 2.24) is 0 Å². The van der Waals surface area contributed by atoms with E-state index in [0.717, 1.165) is 10.0 Å². The zero-order chi connectivity index (χ0) is 24.0. The third-order valence-corrected chi connectivity index (χ3v) is 6.48. The number of thiophene rings is 1. The van der Waals surface area contributed by atoms with Gasteiger partial charge in [-0.15, -0.1) is 11.3 Å². The van der Waals surface area contributed by atoms with Crippen molar-refractivity contribution >= 4 is 60.1 Å². The molecular weight excluding hydrogens is 578 g/mol. The highest BCUT2D eigenvalue weighted by Crippen LogP contribution is 2.39. The molecule has 1 heterocycles. The number of nitrogens with one attached hydrogen (secondary N) is 1. The van der Waals surface area contributed by atoms with Gasteiger partial charge in [0.15, 0.2) is 18.1 Å². The van der Waals surface area contributed by atoms with Crippen molar-refractivity contribution in [3.63, 3.8) is 0 Å². The van der Waals surface area contributed by atoms with Gasteiger partial charge in [-0.2, -0.15) is 0 Å². The van der Waals surface area contributed by atoms with Crippen LogP contribution >= 0.6 is 43.2 Å². The smallest absolute Gasteiger partial charge is 0.341 e. The zero-order valence-corrected chi connectivity index (χ0v) is 22.1. The average molecular weight is 599 g/mol. The minimum Gasteiger partial charge on any atom is -0.493 e. The third kappa shape index (κ3) is 6.07. The third-order valence-electron chi connectivity index (χ3n) is 4.47. The first kappa shape index (κ1) is 25.1. The lowest BCUT2D eigenvalue weighted by atomic mass is 10.0. The number of hydrogen-bond donors (Lipinski definition) is 1. The van der Waals surface area contributed by atoms with E-state index in [1.54, 1.807) is 37.6 Å². The molecule has 2 aromatic carbocycles. The lowest BCUT2D eigenvalue weighted by Gasteiger charge is -2.12. The summed E-state index contributed by atoms with van der Waals surface area (Å²) in [6.45, 7) is 1.70. The summed E-state index contributed by atoms with van der Waals surface area (Å²) in [5.74, 6) is 0.677. The Morgan fingerprint density at radius 2 is 1.73 bits per heavy atom. The van der Waals surface area contributed by atoms with Gasteiger partial charge in [-0.05, 0) is 58.7 Å². The zero-order valence-electron chi connectivity index (χ0n) is 18.1. The highest BCUT2D eigenvalue weighted by Gasteiger charge is 2.24. The molecule has 1 amide bonds. The summed E-state index contributed by atoms with van der Waals surface area (Å²) in [7, 11) is 3.09. The number of esters is 1. The number of ether oxygens (including phenoxy) is 4. The van der Waals surface area contributed by atoms with Gasteiger partial charge >= 0.3 is 5.97 Å². The number of amides is 1. The van der Waals surface area contributed by atoms with Crippen LogP contribution in [0.4, 0.5) is 5.00 Å². The Morgan fingerprint density at radius 1 is 1.00 bits per heavy atom. The van der Waals surface area contributed by atoms with Crippen LogP contribution in [0.3, 0.4) is 0 Å². The average Bonchev–Trinajstić information content (AvgIpc) is 3.21. The number of hydrogen-bond acceptors (Lipinski definition) is 7. The van der Waals surface area contributed by atoms with E-state index in [-0.39, 0.29) is 18.8 Å². The maximum atomic E-state index is 12.8. The normalized spacial score (nSPS) is 10.5. The molecule has 3 rings (SSSR count). The number of carbonyl (C=O) groups excluding carboxylic acids is 2. The van der Waals surface area contributed by atoms with Gasteiger partial charge in [0.2, 0.25) is 0 Å². The predicted octanol–water partition coefficient (Wildman–Crippen LogP) is 6.15. The van der Waals surface area contributed by atoms with Crippen LogP contribution < -0.4 is 19.5 Å². The largest absolute Gasteiger partial charge is 0.493 e. The Kier molecular flexibility index (Phi) is 8.76. The number of halogens is 2. The molecule has 174 valence electrons. The molecule has 7 nitrogen and oxygen atoms in total. The highest BCUT2D eigenvalue weighted by molar-refractivity contribution is 9.11. The molecule has 0 saturated heterocycles. The first-order valence-corrected chi connectivity index (χ1v) is 12.2. The lowest BCUT2D eigenvalue weighted by Crippen LogP contribution is -2.21. The fourth-order valence-electron chi connectivity index (χ4n) is 2.97. The van der Waals surface area contributed by atoms with E-state index in [2.05, 4.69) is 37.2 Å². The second kappa shape index (κ2) is 11.5. The van der Waals surface area contributed by atoms with Crippen LogP contribution in [-0.2, 0) is 9.53 Å². The summed E-state index contributed by atoms with van der Waals surface area (Å²) in [4.78, 5) is 25.4. The Labute approximate surface area is 212 Å². The molecule has 0 aliphatic carbocycles. The van der Waals surface area contributed by atoms with Gasteiger partial charge in [0.25, 0.3) is 5.91 Å². The summed E-state index contributed by atoms with van der Waals surface area (Å²) in [6.07, 6.45) is 0. The SMILES string of the molecule is CCOC(=O)c1c(-c2ccc(OC)c(OC)c2)csc1NC(=O)COc1ccc(Br)cc1Br. The van der Waals surface area contributed by atoms with Crippen LogP contribution in [-0.4, -0.2) is 39.3 Å². The van der Waals surface area contributed by atoms with Crippen molar-refractivity contribution in [2.75, 3.05) is 32.8 Å². The summed E-state index contributed by atoms with van der Waals surface area (Å²) >= 11 is 8.00. The number of methoxy groups -OCH3 is 2. The van der Waals surface area contributed by atoms with Crippen LogP contribution in [0.1, 0.15) is 17.3 Å². The maximum Gasteiger partial charge on any atom is 0.341 e. The molecule has 10 heteroatoms. The highest BCUT2D eigenvalue weighted by atomic mass is 79.9. The monoisotopic (exact) mass is 597 g/mol. The fourth-order valence-corrected chi connectivity index (χ4v) is 5.11. The van der Waals surface area contributed by atoms with Crippen LogP contribution in [0.5, 0.6) is 17.2 Å². The molecule has 0 bridgehead atoms. The second-order valence-electron chi connectivity index (χ2n) is 6.56. The molecule has 0 saturated carbocycles. The molecule has 3 aromatic rings. The van der Waals surface area contributed by atoms with E-state index in [9.17, 15) is 9.59 Å². The minimum atomic E-state index is -0.532. The van der Waals surface area contributed by atoms with E-state index in [1.165, 1.54) is 18.4 Å². The van der Waals surface area contributed by atoms with Crippen LogP contribution in [0.25, 0.3) is 11.1 Å². The molecule has 1 N–H and O–H groups in total. The Hall–Kier alpha value is -2.56. The van der Waals surface area contributed by atoms with Crippen molar-refractivity contribution in [3.05, 3.63) is 56.3 Å². The topological polar surface area (TPSA) is 83.1 Å². The molecule has 33 heavy (non-hydrogen) atoms. The van der Waals surface area contributed by atoms with E-state index >= 15 is 0 Å². The fraction of sp³-hybridized carbons (Fsp3) is 0.217. The molecule has 0 aliphatic rings. The van der Waals surface area contributed by atoms with E-state index in [4.69, 9.17) is 18.9 Å². The quantitative estimate of drug-likeness (QED) is 0.297. The van der Waals surface area contributed by atoms with Gasteiger partial charge in [0.05, 0.1) is 25.3 Å². The van der Waals surface area contributed by atoms with Crippen molar-refractivity contribution < 1.29 is 28.5 Å². The number of carbonyl (C=O) groups is 2. The van der Waals surface area contributed by atoms with Crippen LogP contribution in [0.15, 0.2) is 50.7 Å². The van der Waals surface area contributed by atoms with Gasteiger partial charge < -0.3 is 24.3 Å². The molecule has 0 fully saturated rings. The summed E-state index contributed by atoms with van der Waals surface area (Å²) in [6, 6.07) is 10.7. The molecule has 0 atom stereocenters. The number of benzene rings is 2. The molecule has 0 aliphatic heterocycles. The van der Waals surface area contributed by atoms with Gasteiger partial charge in [0, 0.05) is 15.4 Å². The van der Waals surface area contributed by atoms with Crippen molar-refractivity contribution in [2.45, 2.75) is 6.92 Å².